The molecule has 1 aromatic carbocycles. The third kappa shape index (κ3) is 13.5. The highest BCUT2D eigenvalue weighted by Crippen LogP contribution is 2.29. The van der Waals surface area contributed by atoms with E-state index in [1.807, 2.05) is 30.3 Å². The Morgan fingerprint density at radius 1 is 0.576 bits per heavy atom. The van der Waals surface area contributed by atoms with E-state index in [0.29, 0.717) is 19.3 Å². The van der Waals surface area contributed by atoms with Crippen molar-refractivity contribution in [1.82, 2.24) is 0 Å². The summed E-state index contributed by atoms with van der Waals surface area (Å²) >= 11 is 0. The monoisotopic (exact) mass is 462 g/mol. The lowest BCUT2D eigenvalue weighted by Crippen LogP contribution is -2.54. The molecule has 1 rings (SSSR count). The van der Waals surface area contributed by atoms with Gasteiger partial charge in [-0.2, -0.15) is 0 Å². The first-order valence-electron chi connectivity index (χ1n) is 14.2. The molecule has 0 bridgehead atoms. The van der Waals surface area contributed by atoms with Crippen molar-refractivity contribution in [3.05, 3.63) is 35.9 Å². The van der Waals surface area contributed by atoms with E-state index in [1.54, 1.807) is 0 Å². The van der Waals surface area contributed by atoms with E-state index < -0.39 is 17.8 Å². The third-order valence-electron chi connectivity index (χ3n) is 7.15. The molecule has 3 N–H and O–H groups in total. The van der Waals surface area contributed by atoms with Crippen LogP contribution < -0.4 is 0 Å². The van der Waals surface area contributed by atoms with Crippen molar-refractivity contribution in [2.75, 3.05) is 0 Å². The van der Waals surface area contributed by atoms with Crippen LogP contribution in [-0.4, -0.2) is 33.1 Å². The summed E-state index contributed by atoms with van der Waals surface area (Å²) in [6.07, 6.45) is 18.9. The number of hydrogen-bond acceptors (Lipinski definition) is 3. The molecule has 2 unspecified atom stereocenters. The molecule has 0 aliphatic rings. The molecule has 192 valence electrons. The Morgan fingerprint density at radius 3 is 1.33 bits per heavy atom. The van der Waals surface area contributed by atoms with Gasteiger partial charge in [0.1, 0.15) is 5.60 Å². The van der Waals surface area contributed by atoms with Gasteiger partial charge in [-0.05, 0) is 18.4 Å². The number of aliphatic hydroxyl groups is 3. The van der Waals surface area contributed by atoms with Crippen molar-refractivity contribution in [2.24, 2.45) is 0 Å². The smallest absolute Gasteiger partial charge is 0.120 e. The van der Waals surface area contributed by atoms with Crippen molar-refractivity contribution >= 4 is 0 Å². The fourth-order valence-electron chi connectivity index (χ4n) is 4.82. The van der Waals surface area contributed by atoms with Crippen LogP contribution in [0.25, 0.3) is 0 Å². The van der Waals surface area contributed by atoms with Crippen LogP contribution in [-0.2, 0) is 6.42 Å². The van der Waals surface area contributed by atoms with Gasteiger partial charge in [-0.3, -0.25) is 0 Å². The molecular formula is C30H54O3. The van der Waals surface area contributed by atoms with Gasteiger partial charge < -0.3 is 15.3 Å². The molecule has 3 nitrogen and oxygen atoms in total. The minimum absolute atomic E-state index is 0.296. The number of aliphatic hydroxyl groups excluding tert-OH is 2. The van der Waals surface area contributed by atoms with E-state index in [4.69, 9.17) is 0 Å². The van der Waals surface area contributed by atoms with Gasteiger partial charge in [0, 0.05) is 6.42 Å². The molecule has 1 aromatic rings. The Labute approximate surface area is 205 Å². The molecule has 3 heteroatoms. The van der Waals surface area contributed by atoms with Crippen LogP contribution in [0.5, 0.6) is 0 Å². The Balaban J connectivity index is 2.48. The van der Waals surface area contributed by atoms with Crippen molar-refractivity contribution in [3.8, 4) is 0 Å². The summed E-state index contributed by atoms with van der Waals surface area (Å²) in [5.74, 6) is 0. The maximum Gasteiger partial charge on any atom is 0.120 e. The van der Waals surface area contributed by atoms with Crippen molar-refractivity contribution in [1.29, 1.82) is 0 Å². The van der Waals surface area contributed by atoms with Gasteiger partial charge in [-0.15, -0.1) is 0 Å². The highest BCUT2D eigenvalue weighted by Gasteiger charge is 2.42. The van der Waals surface area contributed by atoms with Gasteiger partial charge in [0.25, 0.3) is 0 Å². The molecule has 0 heterocycles. The predicted octanol–water partition coefficient (Wildman–Crippen LogP) is 7.74. The highest BCUT2D eigenvalue weighted by atomic mass is 16.4. The quantitative estimate of drug-likeness (QED) is 0.154. The topological polar surface area (TPSA) is 60.7 Å². The van der Waals surface area contributed by atoms with Crippen LogP contribution >= 0.6 is 0 Å². The van der Waals surface area contributed by atoms with Crippen molar-refractivity contribution in [2.45, 2.75) is 154 Å². The summed E-state index contributed by atoms with van der Waals surface area (Å²) < 4.78 is 0. The van der Waals surface area contributed by atoms with Gasteiger partial charge in [-0.1, -0.05) is 147 Å². The average molecular weight is 463 g/mol. The zero-order valence-corrected chi connectivity index (χ0v) is 21.8. The zero-order valence-electron chi connectivity index (χ0n) is 21.8. The van der Waals surface area contributed by atoms with E-state index in [2.05, 4.69) is 13.8 Å². The van der Waals surface area contributed by atoms with Gasteiger partial charge in [0.15, 0.2) is 0 Å². The molecule has 0 radical (unpaired) electrons. The Morgan fingerprint density at radius 2 is 0.939 bits per heavy atom. The number of rotatable bonds is 22. The Hall–Kier alpha value is -0.900. The van der Waals surface area contributed by atoms with Crippen LogP contribution in [0.3, 0.4) is 0 Å². The molecule has 0 aliphatic heterocycles. The molecule has 33 heavy (non-hydrogen) atoms. The molecular weight excluding hydrogens is 408 g/mol. The molecule has 0 saturated heterocycles. The lowest BCUT2D eigenvalue weighted by molar-refractivity contribution is -0.150. The second kappa shape index (κ2) is 19.4. The molecule has 0 aliphatic carbocycles. The largest absolute Gasteiger partial charge is 0.390 e. The summed E-state index contributed by atoms with van der Waals surface area (Å²) in [7, 11) is 0. The van der Waals surface area contributed by atoms with Crippen molar-refractivity contribution in [3.63, 3.8) is 0 Å². The minimum Gasteiger partial charge on any atom is -0.390 e. The minimum atomic E-state index is -1.48. The second-order valence-electron chi connectivity index (χ2n) is 10.2. The van der Waals surface area contributed by atoms with Gasteiger partial charge in [0.05, 0.1) is 12.2 Å². The summed E-state index contributed by atoms with van der Waals surface area (Å²) in [6.45, 7) is 4.47. The summed E-state index contributed by atoms with van der Waals surface area (Å²) in [6, 6.07) is 9.79. The second-order valence-corrected chi connectivity index (χ2v) is 10.2. The van der Waals surface area contributed by atoms with E-state index in [1.165, 1.54) is 77.0 Å². The third-order valence-corrected chi connectivity index (χ3v) is 7.15. The Kier molecular flexibility index (Phi) is 17.7. The van der Waals surface area contributed by atoms with E-state index in [0.717, 1.165) is 31.2 Å². The maximum absolute atomic E-state index is 11.5. The lowest BCUT2D eigenvalue weighted by atomic mass is 9.80. The summed E-state index contributed by atoms with van der Waals surface area (Å²) in [5, 5.41) is 33.5. The maximum atomic E-state index is 11.5. The first kappa shape index (κ1) is 30.1. The molecule has 0 fully saturated rings. The SMILES string of the molecule is CCCCCCCCCCC(O)C(O)(Cc1ccccc1)C(O)CCCCCCCCCC. The van der Waals surface area contributed by atoms with Crippen LogP contribution in [0.1, 0.15) is 135 Å². The molecule has 2 atom stereocenters. The van der Waals surface area contributed by atoms with Gasteiger partial charge in [0.2, 0.25) is 0 Å². The first-order valence-corrected chi connectivity index (χ1v) is 14.2. The van der Waals surface area contributed by atoms with Crippen molar-refractivity contribution < 1.29 is 15.3 Å². The number of hydrogen-bond donors (Lipinski definition) is 3. The standard InChI is InChI=1S/C30H54O3/c1-3-5-7-9-11-13-15-20-24-28(31)30(33,26-27-22-18-17-19-23-27)29(32)25-21-16-14-12-10-8-6-4-2/h17-19,22-23,28-29,31-33H,3-16,20-21,24-26H2,1-2H3. The fraction of sp³-hybridized carbons (Fsp3) is 0.800. The zero-order chi connectivity index (χ0) is 24.2. The van der Waals surface area contributed by atoms with Gasteiger partial charge >= 0.3 is 0 Å². The number of benzene rings is 1. The van der Waals surface area contributed by atoms with Crippen LogP contribution in [0.2, 0.25) is 0 Å². The lowest BCUT2D eigenvalue weighted by Gasteiger charge is -2.38. The van der Waals surface area contributed by atoms with E-state index in [9.17, 15) is 15.3 Å². The summed E-state index contributed by atoms with van der Waals surface area (Å²) in [5.41, 5.74) is -0.520. The molecule has 0 amide bonds. The molecule has 0 aromatic heterocycles. The van der Waals surface area contributed by atoms with Crippen LogP contribution in [0, 0.1) is 0 Å². The highest BCUT2D eigenvalue weighted by molar-refractivity contribution is 5.18. The normalized spacial score (nSPS) is 15.3. The first-order chi connectivity index (χ1) is 16.0. The summed E-state index contributed by atoms with van der Waals surface area (Å²) in [4.78, 5) is 0. The number of unbranched alkanes of at least 4 members (excludes halogenated alkanes) is 14. The Bertz CT molecular complexity index is 519. The van der Waals surface area contributed by atoms with Gasteiger partial charge in [-0.25, -0.2) is 0 Å². The molecule has 0 spiro atoms. The predicted molar refractivity (Wildman–Crippen MR) is 142 cm³/mol. The van der Waals surface area contributed by atoms with E-state index >= 15 is 0 Å². The molecule has 0 saturated carbocycles. The average Bonchev–Trinajstić information content (AvgIpc) is 2.82. The van der Waals surface area contributed by atoms with E-state index in [-0.39, 0.29) is 0 Å². The fourth-order valence-corrected chi connectivity index (χ4v) is 4.82. The van der Waals surface area contributed by atoms with Crippen LogP contribution in [0.15, 0.2) is 30.3 Å². The van der Waals surface area contributed by atoms with Crippen LogP contribution in [0.4, 0.5) is 0 Å².